The Morgan fingerprint density at radius 2 is 1.46 bits per heavy atom. The van der Waals surface area contributed by atoms with Gasteiger partial charge in [0.05, 0.1) is 27.3 Å². The molecule has 1 unspecified atom stereocenters. The van der Waals surface area contributed by atoms with Gasteiger partial charge in [-0.2, -0.15) is 39.5 Å². The van der Waals surface area contributed by atoms with Crippen molar-refractivity contribution < 1.29 is 59.1 Å². The molecule has 0 saturated heterocycles. The molecule has 16 heteroatoms. The lowest BCUT2D eigenvalue weighted by atomic mass is 10.1. The van der Waals surface area contributed by atoms with Gasteiger partial charge in [0.2, 0.25) is 0 Å². The van der Waals surface area contributed by atoms with E-state index < -0.39 is 75.4 Å². The minimum Gasteiger partial charge on any atom is -0.490 e. The fourth-order valence-electron chi connectivity index (χ4n) is 2.55. The van der Waals surface area contributed by atoms with E-state index in [1.54, 1.807) is 5.32 Å². The number of non-ortho nitro benzene ring substituents is 1. The Kier molecular flexibility index (Phi) is 7.31. The Bertz CT molecular complexity index is 1090. The van der Waals surface area contributed by atoms with Gasteiger partial charge in [0.15, 0.2) is 5.60 Å². The molecule has 0 bridgehead atoms. The molecule has 0 fully saturated rings. The van der Waals surface area contributed by atoms with Gasteiger partial charge in [0.1, 0.15) is 12.4 Å². The van der Waals surface area contributed by atoms with Crippen LogP contribution in [-0.2, 0) is 23.3 Å². The smallest absolute Gasteiger partial charge is 0.418 e. The minimum atomic E-state index is -5.21. The van der Waals surface area contributed by atoms with Crippen LogP contribution in [0.25, 0.3) is 0 Å². The van der Waals surface area contributed by atoms with Crippen LogP contribution < -0.4 is 10.1 Å². The van der Waals surface area contributed by atoms with Crippen LogP contribution in [-0.4, -0.2) is 28.1 Å². The van der Waals surface area contributed by atoms with Crippen molar-refractivity contribution in [1.29, 1.82) is 0 Å². The summed E-state index contributed by atoms with van der Waals surface area (Å²) in [7, 11) is 0. The van der Waals surface area contributed by atoms with Crippen molar-refractivity contribution in [3.8, 4) is 5.75 Å². The van der Waals surface area contributed by atoms with E-state index in [0.717, 1.165) is 0 Å². The van der Waals surface area contributed by atoms with Crippen LogP contribution in [0.5, 0.6) is 5.75 Å². The summed E-state index contributed by atoms with van der Waals surface area (Å²) in [6, 6.07) is 1.41. The average Bonchev–Trinajstić information content (AvgIpc) is 2.70. The van der Waals surface area contributed by atoms with E-state index in [1.807, 2.05) is 0 Å². The number of alkyl halides is 9. The molecule has 2 rings (SSSR count). The Hall–Kier alpha value is -3.56. The maximum atomic E-state index is 13.2. The maximum absolute atomic E-state index is 13.2. The fraction of sp³-hybridized carbons (Fsp3) is 0.316. The van der Waals surface area contributed by atoms with Gasteiger partial charge in [-0.25, -0.2) is 0 Å². The van der Waals surface area contributed by atoms with E-state index in [0.29, 0.717) is 19.1 Å². The number of carbonyl (C=O) groups is 1. The summed E-state index contributed by atoms with van der Waals surface area (Å²) in [5.41, 5.74) is -9.87. The molecule has 2 N–H and O–H groups in total. The van der Waals surface area contributed by atoms with Crippen molar-refractivity contribution in [1.82, 2.24) is 0 Å². The first-order valence-electron chi connectivity index (χ1n) is 9.03. The zero-order valence-electron chi connectivity index (χ0n) is 17.1. The standard InChI is InChI=1S/C19H13F9N2O5/c1-16(32,8-35-12-5-9(17(20,21)22)4-10(6-12)18(23,24)25)15(31)29-14-3-2-11(30(33)34)7-13(14)19(26,27)28/h2-7,32H,8H2,1H3,(H,29,31). The Morgan fingerprint density at radius 3 is 1.89 bits per heavy atom. The second-order valence-corrected chi connectivity index (χ2v) is 7.24. The molecule has 192 valence electrons. The van der Waals surface area contributed by atoms with E-state index in [2.05, 4.69) is 0 Å². The monoisotopic (exact) mass is 520 g/mol. The molecule has 0 radical (unpaired) electrons. The fourth-order valence-corrected chi connectivity index (χ4v) is 2.55. The van der Waals surface area contributed by atoms with Crippen molar-refractivity contribution >= 4 is 17.3 Å². The number of carbonyl (C=O) groups excluding carboxylic acids is 1. The number of rotatable bonds is 6. The molecule has 1 atom stereocenters. The third kappa shape index (κ3) is 6.97. The number of hydrogen-bond donors (Lipinski definition) is 2. The SMILES string of the molecule is CC(O)(COc1cc(C(F)(F)F)cc(C(F)(F)F)c1)C(=O)Nc1ccc([N+](=O)[O-])cc1C(F)(F)F. The summed E-state index contributed by atoms with van der Waals surface area (Å²) < 4.78 is 122. The maximum Gasteiger partial charge on any atom is 0.418 e. The quantitative estimate of drug-likeness (QED) is 0.301. The minimum absolute atomic E-state index is 0.113. The molecule has 0 aliphatic carbocycles. The zero-order valence-corrected chi connectivity index (χ0v) is 17.1. The number of nitrogens with one attached hydrogen (secondary N) is 1. The molecule has 2 aromatic rings. The van der Waals surface area contributed by atoms with Gasteiger partial charge in [0, 0.05) is 12.1 Å². The number of ether oxygens (including phenoxy) is 1. The van der Waals surface area contributed by atoms with Gasteiger partial charge in [-0.05, 0) is 31.2 Å². The largest absolute Gasteiger partial charge is 0.490 e. The molecule has 1 amide bonds. The highest BCUT2D eigenvalue weighted by Crippen LogP contribution is 2.39. The molecule has 7 nitrogen and oxygen atoms in total. The molecular weight excluding hydrogens is 507 g/mol. The molecule has 0 aromatic heterocycles. The molecule has 0 saturated carbocycles. The third-order valence-corrected chi connectivity index (χ3v) is 4.34. The summed E-state index contributed by atoms with van der Waals surface area (Å²) in [6.07, 6.45) is -15.6. The third-order valence-electron chi connectivity index (χ3n) is 4.34. The highest BCUT2D eigenvalue weighted by atomic mass is 19.4. The van der Waals surface area contributed by atoms with Crippen molar-refractivity contribution in [2.45, 2.75) is 31.1 Å². The van der Waals surface area contributed by atoms with E-state index in [9.17, 15) is 59.5 Å². The predicted molar refractivity (Wildman–Crippen MR) is 99.3 cm³/mol. The second kappa shape index (κ2) is 9.24. The lowest BCUT2D eigenvalue weighted by Crippen LogP contribution is -2.45. The van der Waals surface area contributed by atoms with Gasteiger partial charge in [-0.1, -0.05) is 0 Å². The lowest BCUT2D eigenvalue weighted by Gasteiger charge is -2.24. The first-order valence-corrected chi connectivity index (χ1v) is 9.03. The molecule has 0 aliphatic heterocycles. The summed E-state index contributed by atoms with van der Waals surface area (Å²) >= 11 is 0. The number of amides is 1. The van der Waals surface area contributed by atoms with Crippen molar-refractivity contribution in [2.75, 3.05) is 11.9 Å². The number of aliphatic hydroxyl groups is 1. The van der Waals surface area contributed by atoms with E-state index in [1.165, 1.54) is 0 Å². The Labute approximate surface area is 189 Å². The molecule has 2 aromatic carbocycles. The van der Waals surface area contributed by atoms with E-state index >= 15 is 0 Å². The molecule has 0 aliphatic rings. The summed E-state index contributed by atoms with van der Waals surface area (Å²) in [5, 5.41) is 22.6. The summed E-state index contributed by atoms with van der Waals surface area (Å²) in [4.78, 5) is 21.9. The normalized spacial score (nSPS) is 14.3. The molecule has 0 spiro atoms. The van der Waals surface area contributed by atoms with Crippen molar-refractivity contribution in [3.05, 3.63) is 63.2 Å². The van der Waals surface area contributed by atoms with Crippen LogP contribution in [0.1, 0.15) is 23.6 Å². The first kappa shape index (κ1) is 27.7. The average molecular weight is 520 g/mol. The second-order valence-electron chi connectivity index (χ2n) is 7.24. The molecular formula is C19H13F9N2O5. The van der Waals surface area contributed by atoms with Crippen LogP contribution >= 0.6 is 0 Å². The molecule has 0 heterocycles. The number of benzene rings is 2. The number of nitrogens with zero attached hydrogens (tertiary/aromatic N) is 1. The number of nitro groups is 1. The highest BCUT2D eigenvalue weighted by Gasteiger charge is 2.40. The van der Waals surface area contributed by atoms with Crippen molar-refractivity contribution in [3.63, 3.8) is 0 Å². The lowest BCUT2D eigenvalue weighted by molar-refractivity contribution is -0.385. The van der Waals surface area contributed by atoms with E-state index in [4.69, 9.17) is 4.74 Å². The van der Waals surface area contributed by atoms with Gasteiger partial charge >= 0.3 is 18.5 Å². The summed E-state index contributed by atoms with van der Waals surface area (Å²) in [6.45, 7) is -0.606. The predicted octanol–water partition coefficient (Wildman–Crippen LogP) is 5.42. The highest BCUT2D eigenvalue weighted by molar-refractivity contribution is 5.97. The Balaban J connectivity index is 2.29. The number of hydrogen-bond acceptors (Lipinski definition) is 5. The Morgan fingerprint density at radius 1 is 0.943 bits per heavy atom. The number of nitro benzene ring substituents is 1. The van der Waals surface area contributed by atoms with Gasteiger partial charge in [0.25, 0.3) is 11.6 Å². The van der Waals surface area contributed by atoms with Crippen LogP contribution in [0.15, 0.2) is 36.4 Å². The summed E-state index contributed by atoms with van der Waals surface area (Å²) in [5.74, 6) is -2.63. The number of halogens is 9. The van der Waals surface area contributed by atoms with E-state index in [-0.39, 0.29) is 24.3 Å². The topological polar surface area (TPSA) is 102 Å². The van der Waals surface area contributed by atoms with Gasteiger partial charge in [-0.3, -0.25) is 14.9 Å². The van der Waals surface area contributed by atoms with Crippen LogP contribution in [0.4, 0.5) is 50.9 Å². The van der Waals surface area contributed by atoms with Crippen molar-refractivity contribution in [2.24, 2.45) is 0 Å². The zero-order chi connectivity index (χ0) is 27.0. The van der Waals surface area contributed by atoms with Crippen LogP contribution in [0.3, 0.4) is 0 Å². The van der Waals surface area contributed by atoms with Gasteiger partial charge in [-0.15, -0.1) is 0 Å². The van der Waals surface area contributed by atoms with Gasteiger partial charge < -0.3 is 15.2 Å². The first-order chi connectivity index (χ1) is 15.7. The van der Waals surface area contributed by atoms with Crippen LogP contribution in [0, 0.1) is 10.1 Å². The number of anilines is 1. The molecule has 35 heavy (non-hydrogen) atoms. The van der Waals surface area contributed by atoms with Crippen LogP contribution in [0.2, 0.25) is 0 Å².